The largest absolute Gasteiger partial charge is 0.493 e. The van der Waals surface area contributed by atoms with Gasteiger partial charge in [-0.25, -0.2) is 4.98 Å². The summed E-state index contributed by atoms with van der Waals surface area (Å²) >= 11 is 0. The van der Waals surface area contributed by atoms with Crippen LogP contribution in [0.5, 0.6) is 11.5 Å². The molecule has 2 N–H and O–H groups in total. The van der Waals surface area contributed by atoms with Crippen molar-refractivity contribution in [3.63, 3.8) is 0 Å². The first-order valence-electron chi connectivity index (χ1n) is 13.3. The number of fused-ring (bicyclic) bond motifs is 1. The summed E-state index contributed by atoms with van der Waals surface area (Å²) in [6.07, 6.45) is 9.76. The fourth-order valence-electron chi connectivity index (χ4n) is 5.39. The Morgan fingerprint density at radius 3 is 2.59 bits per heavy atom. The third kappa shape index (κ3) is 5.66. The molecule has 1 aromatic heterocycles. The first kappa shape index (κ1) is 23.4. The molecule has 0 amide bonds. The maximum atomic E-state index is 6.23. The zero-order valence-electron chi connectivity index (χ0n) is 20.7. The van der Waals surface area contributed by atoms with Gasteiger partial charge in [0.1, 0.15) is 5.82 Å². The van der Waals surface area contributed by atoms with E-state index < -0.39 is 0 Å². The Morgan fingerprint density at radius 1 is 1.00 bits per heavy atom. The summed E-state index contributed by atoms with van der Waals surface area (Å²) in [4.78, 5) is 14.8. The molecule has 0 aliphatic carbocycles. The van der Waals surface area contributed by atoms with E-state index in [-0.39, 0.29) is 0 Å². The summed E-state index contributed by atoms with van der Waals surface area (Å²) in [6, 6.07) is 4.46. The van der Waals surface area contributed by atoms with E-state index in [9.17, 15) is 0 Å². The van der Waals surface area contributed by atoms with E-state index in [0.717, 1.165) is 79.7 Å². The van der Waals surface area contributed by atoms with Gasteiger partial charge in [-0.3, -0.25) is 0 Å². The van der Waals surface area contributed by atoms with Crippen molar-refractivity contribution >= 4 is 22.7 Å². The number of piperidine rings is 2. The van der Waals surface area contributed by atoms with Crippen LogP contribution in [0, 0.1) is 0 Å². The lowest BCUT2D eigenvalue weighted by Gasteiger charge is -2.26. The lowest BCUT2D eigenvalue weighted by atomic mass is 10.1. The molecule has 2 aromatic rings. The van der Waals surface area contributed by atoms with Gasteiger partial charge in [0.2, 0.25) is 5.95 Å². The Hall–Kier alpha value is -2.32. The van der Waals surface area contributed by atoms with Crippen LogP contribution in [0.15, 0.2) is 12.1 Å². The van der Waals surface area contributed by atoms with Gasteiger partial charge >= 0.3 is 0 Å². The van der Waals surface area contributed by atoms with Gasteiger partial charge in [0.05, 0.1) is 19.2 Å². The maximum absolute atomic E-state index is 6.23. The molecule has 1 unspecified atom stereocenters. The molecule has 186 valence electrons. The minimum atomic E-state index is 0.370. The van der Waals surface area contributed by atoms with Crippen molar-refractivity contribution in [1.29, 1.82) is 0 Å². The first-order valence-corrected chi connectivity index (χ1v) is 13.3. The van der Waals surface area contributed by atoms with Crippen LogP contribution in [0.25, 0.3) is 10.9 Å². The predicted octanol–water partition coefficient (Wildman–Crippen LogP) is 3.66. The Morgan fingerprint density at radius 2 is 1.82 bits per heavy atom. The van der Waals surface area contributed by atoms with Crippen molar-refractivity contribution in [3.8, 4) is 11.5 Å². The Balaban J connectivity index is 1.37. The molecule has 3 aliphatic heterocycles. The number of likely N-dealkylation sites (tertiary alicyclic amines) is 1. The van der Waals surface area contributed by atoms with Crippen LogP contribution < -0.4 is 25.0 Å². The number of rotatable bonds is 9. The summed E-state index contributed by atoms with van der Waals surface area (Å²) < 4.78 is 12.0. The van der Waals surface area contributed by atoms with E-state index in [4.69, 9.17) is 19.4 Å². The highest BCUT2D eigenvalue weighted by Crippen LogP contribution is 2.36. The molecule has 1 aromatic carbocycles. The van der Waals surface area contributed by atoms with Crippen LogP contribution in [0.1, 0.15) is 51.4 Å². The monoisotopic (exact) mass is 468 g/mol. The molecule has 0 saturated carbocycles. The van der Waals surface area contributed by atoms with Gasteiger partial charge in [0.15, 0.2) is 11.5 Å². The first-order chi connectivity index (χ1) is 16.8. The molecule has 4 heterocycles. The second kappa shape index (κ2) is 11.4. The molecule has 0 radical (unpaired) electrons. The minimum Gasteiger partial charge on any atom is -0.493 e. The van der Waals surface area contributed by atoms with E-state index in [0.29, 0.717) is 12.6 Å². The number of hydrogen-bond donors (Lipinski definition) is 2. The van der Waals surface area contributed by atoms with Crippen molar-refractivity contribution in [2.24, 2.45) is 0 Å². The van der Waals surface area contributed by atoms with Crippen molar-refractivity contribution in [1.82, 2.24) is 20.2 Å². The van der Waals surface area contributed by atoms with E-state index in [2.05, 4.69) is 20.4 Å². The average molecular weight is 469 g/mol. The van der Waals surface area contributed by atoms with Crippen LogP contribution in [-0.4, -0.2) is 80.4 Å². The normalized spacial score (nSPS) is 21.7. The molecule has 8 heteroatoms. The highest BCUT2D eigenvalue weighted by Gasteiger charge is 2.21. The van der Waals surface area contributed by atoms with Crippen molar-refractivity contribution in [3.05, 3.63) is 12.1 Å². The van der Waals surface area contributed by atoms with Gasteiger partial charge in [-0.15, -0.1) is 0 Å². The van der Waals surface area contributed by atoms with E-state index in [1.807, 2.05) is 12.1 Å². The summed E-state index contributed by atoms with van der Waals surface area (Å²) in [7, 11) is 1.71. The Labute approximate surface area is 203 Å². The molecule has 3 fully saturated rings. The van der Waals surface area contributed by atoms with Gasteiger partial charge in [0, 0.05) is 43.7 Å². The van der Waals surface area contributed by atoms with Gasteiger partial charge < -0.3 is 29.9 Å². The molecule has 3 saturated heterocycles. The van der Waals surface area contributed by atoms with E-state index >= 15 is 0 Å². The van der Waals surface area contributed by atoms with Crippen molar-refractivity contribution in [2.45, 2.75) is 57.4 Å². The number of anilines is 2. The number of ether oxygens (including phenoxy) is 2. The predicted molar refractivity (Wildman–Crippen MR) is 137 cm³/mol. The SMILES string of the molecule is COc1cc2c(NC3CCCNC3)nc(N3CCCC3)nc2cc1OCCCN1CCCCC1. The third-order valence-corrected chi connectivity index (χ3v) is 7.32. The Kier molecular flexibility index (Phi) is 7.86. The molecule has 34 heavy (non-hydrogen) atoms. The zero-order chi connectivity index (χ0) is 23.2. The second-order valence-electron chi connectivity index (χ2n) is 9.88. The lowest BCUT2D eigenvalue weighted by Crippen LogP contribution is -2.38. The van der Waals surface area contributed by atoms with Gasteiger partial charge in [-0.05, 0) is 70.6 Å². The fourth-order valence-corrected chi connectivity index (χ4v) is 5.39. The summed E-state index contributed by atoms with van der Waals surface area (Å²) in [5.74, 6) is 3.23. The molecule has 3 aliphatic rings. The van der Waals surface area contributed by atoms with E-state index in [1.165, 1.54) is 51.6 Å². The average Bonchev–Trinajstić information content (AvgIpc) is 3.42. The summed E-state index contributed by atoms with van der Waals surface area (Å²) in [5, 5.41) is 8.19. The Bertz CT molecular complexity index is 937. The van der Waals surface area contributed by atoms with Crippen LogP contribution >= 0.6 is 0 Å². The van der Waals surface area contributed by atoms with E-state index in [1.54, 1.807) is 7.11 Å². The highest BCUT2D eigenvalue weighted by atomic mass is 16.5. The zero-order valence-corrected chi connectivity index (χ0v) is 20.7. The number of benzene rings is 1. The van der Waals surface area contributed by atoms with Crippen molar-refractivity contribution < 1.29 is 9.47 Å². The summed E-state index contributed by atoms with van der Waals surface area (Å²) in [6.45, 7) is 8.32. The molecule has 8 nitrogen and oxygen atoms in total. The topological polar surface area (TPSA) is 74.8 Å². The second-order valence-corrected chi connectivity index (χ2v) is 9.88. The number of nitrogens with one attached hydrogen (secondary N) is 2. The van der Waals surface area contributed by atoms with Gasteiger partial charge in [0.25, 0.3) is 0 Å². The summed E-state index contributed by atoms with van der Waals surface area (Å²) in [5.41, 5.74) is 0.912. The number of methoxy groups -OCH3 is 1. The minimum absolute atomic E-state index is 0.370. The quantitative estimate of drug-likeness (QED) is 0.540. The maximum Gasteiger partial charge on any atom is 0.227 e. The molecule has 0 spiro atoms. The standard InChI is InChI=1S/C26H40N6O2/c1-33-23-17-21-22(18-24(23)34-16-8-13-31-11-3-2-4-12-31)29-26(32-14-5-6-15-32)30-25(21)28-20-9-7-10-27-19-20/h17-18,20,27H,2-16,19H2,1H3,(H,28,29,30). The third-order valence-electron chi connectivity index (χ3n) is 7.32. The highest BCUT2D eigenvalue weighted by molar-refractivity contribution is 5.93. The molecule has 0 bridgehead atoms. The fraction of sp³-hybridized carbons (Fsp3) is 0.692. The smallest absolute Gasteiger partial charge is 0.227 e. The van der Waals surface area contributed by atoms with Crippen LogP contribution in [0.2, 0.25) is 0 Å². The van der Waals surface area contributed by atoms with Gasteiger partial charge in [-0.1, -0.05) is 6.42 Å². The van der Waals surface area contributed by atoms with Gasteiger partial charge in [-0.2, -0.15) is 4.98 Å². The van der Waals surface area contributed by atoms with Crippen LogP contribution in [0.3, 0.4) is 0 Å². The van der Waals surface area contributed by atoms with Crippen LogP contribution in [0.4, 0.5) is 11.8 Å². The van der Waals surface area contributed by atoms with Crippen LogP contribution in [-0.2, 0) is 0 Å². The molecule has 1 atom stereocenters. The molecule has 5 rings (SSSR count). The molecular formula is C26H40N6O2. The number of aromatic nitrogens is 2. The number of nitrogens with zero attached hydrogens (tertiary/aromatic N) is 4. The molecular weight excluding hydrogens is 428 g/mol. The lowest BCUT2D eigenvalue weighted by molar-refractivity contribution is 0.203. The van der Waals surface area contributed by atoms with Crippen molar-refractivity contribution in [2.75, 3.05) is 69.7 Å². The number of hydrogen-bond acceptors (Lipinski definition) is 8.